The molecule has 28 heavy (non-hydrogen) atoms. The van der Waals surface area contributed by atoms with Crippen molar-refractivity contribution in [3.8, 4) is 0 Å². The Morgan fingerprint density at radius 1 is 1.32 bits per heavy atom. The second kappa shape index (κ2) is 11.4. The Morgan fingerprint density at radius 3 is 2.54 bits per heavy atom. The molecule has 1 fully saturated rings. The van der Waals surface area contributed by atoms with Gasteiger partial charge in [-0.05, 0) is 49.9 Å². The normalized spacial score (nSPS) is 17.2. The van der Waals surface area contributed by atoms with Crippen LogP contribution in [-0.2, 0) is 9.84 Å². The second-order valence-electron chi connectivity index (χ2n) is 8.13. The maximum atomic E-state index is 11.4. The summed E-state index contributed by atoms with van der Waals surface area (Å²) in [5, 5.41) is 6.73. The van der Waals surface area contributed by atoms with Gasteiger partial charge in [0.25, 0.3) is 0 Å². The molecule has 1 aliphatic heterocycles. The predicted octanol–water partition coefficient (Wildman–Crippen LogP) is 2.66. The highest BCUT2D eigenvalue weighted by molar-refractivity contribution is 14.0. The van der Waals surface area contributed by atoms with Crippen molar-refractivity contribution in [1.29, 1.82) is 0 Å². The molecule has 0 spiro atoms. The first-order chi connectivity index (χ1) is 12.7. The molecule has 2 rings (SSSR count). The second-order valence-corrected chi connectivity index (χ2v) is 10.4. The van der Waals surface area contributed by atoms with Crippen molar-refractivity contribution in [3.63, 3.8) is 0 Å². The van der Waals surface area contributed by atoms with Crippen LogP contribution in [0.2, 0.25) is 0 Å². The lowest BCUT2D eigenvalue weighted by molar-refractivity contribution is 0.215. The monoisotopic (exact) mass is 526 g/mol. The molecule has 0 aliphatic carbocycles. The van der Waals surface area contributed by atoms with Crippen LogP contribution in [0.5, 0.6) is 0 Å². The van der Waals surface area contributed by atoms with Crippen LogP contribution >= 0.6 is 24.0 Å². The van der Waals surface area contributed by atoms with E-state index >= 15 is 0 Å². The lowest BCUT2D eigenvalue weighted by atomic mass is 9.90. The molecule has 9 heteroatoms. The number of hydrogen-bond acceptors (Lipinski definition) is 5. The molecule has 2 N–H and O–H groups in total. The summed E-state index contributed by atoms with van der Waals surface area (Å²) in [5.41, 5.74) is -0.143. The quantitative estimate of drug-likeness (QED) is 0.293. The van der Waals surface area contributed by atoms with Gasteiger partial charge in [0.15, 0.2) is 5.96 Å². The fourth-order valence-electron chi connectivity index (χ4n) is 3.23. The van der Waals surface area contributed by atoms with E-state index in [0.717, 1.165) is 24.8 Å². The zero-order valence-corrected chi connectivity index (χ0v) is 20.5. The van der Waals surface area contributed by atoms with Crippen molar-refractivity contribution in [1.82, 2.24) is 15.5 Å². The van der Waals surface area contributed by atoms with Crippen molar-refractivity contribution in [3.05, 3.63) is 24.2 Å². The largest absolute Gasteiger partial charge is 0.468 e. The third-order valence-corrected chi connectivity index (χ3v) is 5.97. The average Bonchev–Trinajstić information content (AvgIpc) is 3.30. The van der Waals surface area contributed by atoms with Gasteiger partial charge in [0.1, 0.15) is 15.6 Å². The zero-order chi connectivity index (χ0) is 19.9. The third kappa shape index (κ3) is 8.69. The van der Waals surface area contributed by atoms with Gasteiger partial charge in [0.05, 0.1) is 18.1 Å². The summed E-state index contributed by atoms with van der Waals surface area (Å²) in [6.07, 6.45) is 6.05. The molecule has 7 nitrogen and oxygen atoms in total. The van der Waals surface area contributed by atoms with Crippen LogP contribution in [0.25, 0.3) is 0 Å². The van der Waals surface area contributed by atoms with Gasteiger partial charge in [-0.15, -0.1) is 24.0 Å². The van der Waals surface area contributed by atoms with Crippen molar-refractivity contribution in [2.24, 2.45) is 10.4 Å². The molecule has 1 atom stereocenters. The van der Waals surface area contributed by atoms with Crippen molar-refractivity contribution < 1.29 is 12.8 Å². The molecule has 1 aliphatic rings. The molecular formula is C19H35IN4O3S. The average molecular weight is 526 g/mol. The van der Waals surface area contributed by atoms with E-state index in [4.69, 9.17) is 4.42 Å². The molecule has 2 heterocycles. The summed E-state index contributed by atoms with van der Waals surface area (Å²) in [6, 6.07) is 4.13. The summed E-state index contributed by atoms with van der Waals surface area (Å²) in [4.78, 5) is 6.75. The van der Waals surface area contributed by atoms with Gasteiger partial charge in [-0.3, -0.25) is 9.89 Å². The third-order valence-electron chi connectivity index (χ3n) is 5.02. The summed E-state index contributed by atoms with van der Waals surface area (Å²) >= 11 is 0. The van der Waals surface area contributed by atoms with Gasteiger partial charge < -0.3 is 15.1 Å². The summed E-state index contributed by atoms with van der Waals surface area (Å²) < 4.78 is 28.5. The molecule has 0 radical (unpaired) electrons. The molecule has 1 aromatic heterocycles. The summed E-state index contributed by atoms with van der Waals surface area (Å²) in [7, 11) is -1.20. The number of sulfone groups is 1. The molecule has 0 aromatic carbocycles. The number of rotatable bonds is 9. The van der Waals surface area contributed by atoms with E-state index in [1.807, 2.05) is 12.1 Å². The highest BCUT2D eigenvalue weighted by Crippen LogP contribution is 2.25. The van der Waals surface area contributed by atoms with E-state index in [2.05, 4.69) is 34.4 Å². The van der Waals surface area contributed by atoms with Gasteiger partial charge >= 0.3 is 0 Å². The number of furan rings is 1. The van der Waals surface area contributed by atoms with Gasteiger partial charge in [-0.2, -0.15) is 0 Å². The van der Waals surface area contributed by atoms with Crippen LogP contribution in [0, 0.1) is 5.41 Å². The van der Waals surface area contributed by atoms with Gasteiger partial charge in [0.2, 0.25) is 0 Å². The highest BCUT2D eigenvalue weighted by Gasteiger charge is 2.26. The molecule has 1 aromatic rings. The first kappa shape index (κ1) is 25.2. The number of nitrogens with zero attached hydrogens (tertiary/aromatic N) is 2. The molecule has 162 valence electrons. The predicted molar refractivity (Wildman–Crippen MR) is 125 cm³/mol. The SMILES string of the molecule is CN=C(NCC(c1ccco1)N1CCCC1)NCC(C)(C)CCS(C)(=O)=O.I. The number of likely N-dealkylation sites (tertiary alicyclic amines) is 1. The van der Waals surface area contributed by atoms with E-state index in [1.54, 1.807) is 13.3 Å². The minimum atomic E-state index is -2.95. The van der Waals surface area contributed by atoms with E-state index in [1.165, 1.54) is 19.1 Å². The van der Waals surface area contributed by atoms with Crippen LogP contribution in [0.1, 0.15) is 44.9 Å². The van der Waals surface area contributed by atoms with E-state index in [-0.39, 0.29) is 41.2 Å². The van der Waals surface area contributed by atoms with Crippen LogP contribution in [0.3, 0.4) is 0 Å². The van der Waals surface area contributed by atoms with E-state index in [9.17, 15) is 8.42 Å². The Morgan fingerprint density at radius 2 is 2.00 bits per heavy atom. The van der Waals surface area contributed by atoms with Crippen molar-refractivity contribution >= 4 is 39.8 Å². The molecule has 0 amide bonds. The lowest BCUT2D eigenvalue weighted by Crippen LogP contribution is -2.45. The van der Waals surface area contributed by atoms with Gasteiger partial charge in [-0.25, -0.2) is 8.42 Å². The standard InChI is InChI=1S/C19H34N4O3S.HI/c1-19(2,9-13-27(4,24)25)15-22-18(20-3)21-14-16(17-8-7-12-26-17)23-10-5-6-11-23;/h7-8,12,16H,5-6,9-11,13-15H2,1-4H3,(H2,20,21,22);1H. The first-order valence-electron chi connectivity index (χ1n) is 9.60. The molecule has 0 bridgehead atoms. The minimum Gasteiger partial charge on any atom is -0.468 e. The number of halogens is 1. The Bertz CT molecular complexity index is 699. The Hall–Kier alpha value is -0.810. The Labute approximate surface area is 186 Å². The maximum absolute atomic E-state index is 11.4. The number of hydrogen-bond donors (Lipinski definition) is 2. The van der Waals surface area contributed by atoms with Crippen LogP contribution in [0.4, 0.5) is 0 Å². The van der Waals surface area contributed by atoms with Crippen molar-refractivity contribution in [2.75, 3.05) is 45.2 Å². The number of nitrogens with one attached hydrogen (secondary N) is 2. The van der Waals surface area contributed by atoms with E-state index < -0.39 is 9.84 Å². The highest BCUT2D eigenvalue weighted by atomic mass is 127. The first-order valence-corrected chi connectivity index (χ1v) is 11.7. The number of aliphatic imine (C=N–C) groups is 1. The molecule has 1 saturated heterocycles. The van der Waals surface area contributed by atoms with Crippen LogP contribution in [0.15, 0.2) is 27.8 Å². The van der Waals surface area contributed by atoms with Crippen LogP contribution in [-0.4, -0.2) is 64.5 Å². The van der Waals surface area contributed by atoms with Crippen LogP contribution < -0.4 is 10.6 Å². The Balaban J connectivity index is 0.00000392. The smallest absolute Gasteiger partial charge is 0.191 e. The van der Waals surface area contributed by atoms with Gasteiger partial charge in [0, 0.05) is 26.4 Å². The van der Waals surface area contributed by atoms with E-state index in [0.29, 0.717) is 19.5 Å². The van der Waals surface area contributed by atoms with Crippen molar-refractivity contribution in [2.45, 2.75) is 39.2 Å². The molecule has 0 saturated carbocycles. The summed E-state index contributed by atoms with van der Waals surface area (Å²) in [6.45, 7) is 7.65. The summed E-state index contributed by atoms with van der Waals surface area (Å²) in [5.74, 6) is 1.88. The lowest BCUT2D eigenvalue weighted by Gasteiger charge is -2.28. The maximum Gasteiger partial charge on any atom is 0.191 e. The number of guanidine groups is 1. The minimum absolute atomic E-state index is 0. The van der Waals surface area contributed by atoms with Gasteiger partial charge in [-0.1, -0.05) is 13.8 Å². The topological polar surface area (TPSA) is 86.9 Å². The Kier molecular flexibility index (Phi) is 10.3. The zero-order valence-electron chi connectivity index (χ0n) is 17.4. The fraction of sp³-hybridized carbons (Fsp3) is 0.737. The molecule has 1 unspecified atom stereocenters. The molecular weight excluding hydrogens is 491 g/mol. The fourth-order valence-corrected chi connectivity index (χ4v) is 4.15.